The molecular weight excluding hydrogens is 198 g/mol. The molecule has 0 aromatic rings. The van der Waals surface area contributed by atoms with Crippen molar-refractivity contribution < 1.29 is 0 Å². The fraction of sp³-hybridized carbons (Fsp3) is 0.900. The molecule has 3 nitrogen and oxygen atoms in total. The van der Waals surface area contributed by atoms with Gasteiger partial charge in [-0.25, -0.2) is 0 Å². The predicted molar refractivity (Wildman–Crippen MR) is 61.4 cm³/mol. The Balaban J connectivity index is 2.17. The van der Waals surface area contributed by atoms with E-state index in [1.165, 1.54) is 25.7 Å². The summed E-state index contributed by atoms with van der Waals surface area (Å²) >= 11 is 6.18. The summed E-state index contributed by atoms with van der Waals surface area (Å²) in [5.74, 6) is 0. The molecule has 1 unspecified atom stereocenters. The van der Waals surface area contributed by atoms with Crippen molar-refractivity contribution in [3.8, 4) is 0 Å². The van der Waals surface area contributed by atoms with Gasteiger partial charge in [0, 0.05) is 13.1 Å². The van der Waals surface area contributed by atoms with Crippen molar-refractivity contribution >= 4 is 17.9 Å². The zero-order valence-corrected chi connectivity index (χ0v) is 9.87. The molecule has 0 aliphatic carbocycles. The first-order valence-electron chi connectivity index (χ1n) is 5.50. The van der Waals surface area contributed by atoms with Crippen LogP contribution in [0.3, 0.4) is 0 Å². The average molecular weight is 218 g/mol. The second kappa shape index (κ2) is 6.12. The van der Waals surface area contributed by atoms with Crippen molar-refractivity contribution in [2.24, 2.45) is 5.10 Å². The molecule has 1 aliphatic rings. The molecule has 1 atom stereocenters. The van der Waals surface area contributed by atoms with E-state index in [0.717, 1.165) is 13.1 Å². The van der Waals surface area contributed by atoms with Crippen LogP contribution in [0.1, 0.15) is 39.5 Å². The van der Waals surface area contributed by atoms with Gasteiger partial charge in [0.25, 0.3) is 0 Å². The minimum Gasteiger partial charge on any atom is -0.327 e. The molecule has 1 rings (SSSR count). The van der Waals surface area contributed by atoms with E-state index in [9.17, 15) is 0 Å². The Hall–Kier alpha value is -0.440. The SMILES string of the molecule is CCCCCCN1N=CN(CC)C1Cl. The third-order valence-electron chi connectivity index (χ3n) is 2.47. The first-order valence-corrected chi connectivity index (χ1v) is 5.93. The van der Waals surface area contributed by atoms with Crippen molar-refractivity contribution in [1.29, 1.82) is 0 Å². The summed E-state index contributed by atoms with van der Waals surface area (Å²) in [6.45, 7) is 6.20. The van der Waals surface area contributed by atoms with Gasteiger partial charge in [-0.05, 0) is 13.3 Å². The first kappa shape index (κ1) is 11.6. The topological polar surface area (TPSA) is 18.8 Å². The van der Waals surface area contributed by atoms with Gasteiger partial charge in [0.05, 0.1) is 0 Å². The van der Waals surface area contributed by atoms with E-state index >= 15 is 0 Å². The quantitative estimate of drug-likeness (QED) is 0.387. The van der Waals surface area contributed by atoms with Crippen LogP contribution in [0.4, 0.5) is 0 Å². The monoisotopic (exact) mass is 217 g/mol. The molecule has 0 spiro atoms. The van der Waals surface area contributed by atoms with Crippen molar-refractivity contribution in [3.05, 3.63) is 0 Å². The molecular formula is C10H20ClN3. The van der Waals surface area contributed by atoms with Crippen molar-refractivity contribution in [1.82, 2.24) is 9.91 Å². The number of hydrazone groups is 1. The molecule has 0 aromatic carbocycles. The zero-order chi connectivity index (χ0) is 10.4. The van der Waals surface area contributed by atoms with E-state index in [1.807, 2.05) is 16.2 Å². The van der Waals surface area contributed by atoms with Crippen LogP contribution in [-0.4, -0.2) is 35.0 Å². The van der Waals surface area contributed by atoms with E-state index < -0.39 is 0 Å². The standard InChI is InChI=1S/C10H20ClN3/c1-3-5-6-7-8-14-10(11)13(4-2)9-12-14/h9-10H,3-8H2,1-2H3. The van der Waals surface area contributed by atoms with Crippen LogP contribution in [0.15, 0.2) is 5.10 Å². The van der Waals surface area contributed by atoms with Crippen molar-refractivity contribution in [2.75, 3.05) is 13.1 Å². The molecule has 82 valence electrons. The number of alkyl halides is 1. The Morgan fingerprint density at radius 1 is 1.29 bits per heavy atom. The maximum absolute atomic E-state index is 6.18. The lowest BCUT2D eigenvalue weighted by Crippen LogP contribution is -2.35. The lowest BCUT2D eigenvalue weighted by atomic mass is 10.2. The van der Waals surface area contributed by atoms with Crippen LogP contribution in [-0.2, 0) is 0 Å². The first-order chi connectivity index (χ1) is 6.79. The summed E-state index contributed by atoms with van der Waals surface area (Å²) in [5, 5.41) is 6.23. The lowest BCUT2D eigenvalue weighted by molar-refractivity contribution is 0.199. The van der Waals surface area contributed by atoms with E-state index in [2.05, 4.69) is 18.9 Å². The second-order valence-corrected chi connectivity index (χ2v) is 3.99. The molecule has 0 amide bonds. The zero-order valence-electron chi connectivity index (χ0n) is 9.12. The Morgan fingerprint density at radius 3 is 2.64 bits per heavy atom. The molecule has 1 heterocycles. The Labute approximate surface area is 91.7 Å². The summed E-state index contributed by atoms with van der Waals surface area (Å²) in [6.07, 6.45) is 6.87. The largest absolute Gasteiger partial charge is 0.327 e. The summed E-state index contributed by atoms with van der Waals surface area (Å²) < 4.78 is 0. The van der Waals surface area contributed by atoms with Crippen LogP contribution in [0.5, 0.6) is 0 Å². The number of hydrogen-bond donors (Lipinski definition) is 0. The van der Waals surface area contributed by atoms with E-state index in [4.69, 9.17) is 11.6 Å². The van der Waals surface area contributed by atoms with E-state index in [0.29, 0.717) is 0 Å². The van der Waals surface area contributed by atoms with Crippen molar-refractivity contribution in [3.63, 3.8) is 0 Å². The molecule has 0 N–H and O–H groups in total. The second-order valence-electron chi connectivity index (χ2n) is 3.60. The van der Waals surface area contributed by atoms with Gasteiger partial charge in [-0.1, -0.05) is 37.8 Å². The fourth-order valence-corrected chi connectivity index (χ4v) is 1.85. The number of unbranched alkanes of at least 4 members (excludes halogenated alkanes) is 3. The lowest BCUT2D eigenvalue weighted by Gasteiger charge is -2.24. The van der Waals surface area contributed by atoms with Gasteiger partial charge in [-0.15, -0.1) is 0 Å². The van der Waals surface area contributed by atoms with Crippen LogP contribution < -0.4 is 0 Å². The van der Waals surface area contributed by atoms with Gasteiger partial charge in [0.15, 0.2) is 5.62 Å². The highest BCUT2D eigenvalue weighted by molar-refractivity contribution is 6.20. The highest BCUT2D eigenvalue weighted by Gasteiger charge is 2.23. The average Bonchev–Trinajstić information content (AvgIpc) is 2.55. The van der Waals surface area contributed by atoms with E-state index in [-0.39, 0.29) is 5.62 Å². The van der Waals surface area contributed by atoms with E-state index in [1.54, 1.807) is 0 Å². The Morgan fingerprint density at radius 2 is 2.07 bits per heavy atom. The van der Waals surface area contributed by atoms with Crippen LogP contribution in [0, 0.1) is 0 Å². The molecule has 14 heavy (non-hydrogen) atoms. The van der Waals surface area contributed by atoms with Gasteiger partial charge in [-0.2, -0.15) is 5.10 Å². The minimum absolute atomic E-state index is 0.0679. The predicted octanol–water partition coefficient (Wildman–Crippen LogP) is 2.67. The number of rotatable bonds is 6. The summed E-state index contributed by atoms with van der Waals surface area (Å²) in [5.41, 5.74) is -0.0679. The molecule has 0 saturated heterocycles. The number of halogens is 1. The van der Waals surface area contributed by atoms with Gasteiger partial charge in [-0.3, -0.25) is 5.01 Å². The fourth-order valence-electron chi connectivity index (χ4n) is 1.51. The molecule has 0 aromatic heterocycles. The Kier molecular flexibility index (Phi) is 5.09. The van der Waals surface area contributed by atoms with Crippen molar-refractivity contribution in [2.45, 2.75) is 45.2 Å². The van der Waals surface area contributed by atoms with Crippen LogP contribution >= 0.6 is 11.6 Å². The Bertz CT molecular complexity index is 184. The normalized spacial score (nSPS) is 20.9. The summed E-state index contributed by atoms with van der Waals surface area (Å²) in [4.78, 5) is 2.03. The van der Waals surface area contributed by atoms with Gasteiger partial charge < -0.3 is 4.90 Å². The number of hydrogen-bond acceptors (Lipinski definition) is 3. The van der Waals surface area contributed by atoms with Crippen LogP contribution in [0.25, 0.3) is 0 Å². The molecule has 1 aliphatic heterocycles. The molecule has 0 saturated carbocycles. The molecule has 4 heteroatoms. The third-order valence-corrected chi connectivity index (χ3v) is 2.95. The third kappa shape index (κ3) is 3.05. The van der Waals surface area contributed by atoms with Gasteiger partial charge >= 0.3 is 0 Å². The van der Waals surface area contributed by atoms with Crippen LogP contribution in [0.2, 0.25) is 0 Å². The smallest absolute Gasteiger partial charge is 0.195 e. The maximum Gasteiger partial charge on any atom is 0.195 e. The highest BCUT2D eigenvalue weighted by Crippen LogP contribution is 2.16. The summed E-state index contributed by atoms with van der Waals surface area (Å²) in [6, 6.07) is 0. The molecule has 0 fully saturated rings. The number of nitrogens with zero attached hydrogens (tertiary/aromatic N) is 3. The maximum atomic E-state index is 6.18. The minimum atomic E-state index is -0.0679. The van der Waals surface area contributed by atoms with Gasteiger partial charge in [0.2, 0.25) is 0 Å². The molecule has 0 bridgehead atoms. The summed E-state index contributed by atoms with van der Waals surface area (Å²) in [7, 11) is 0. The molecule has 0 radical (unpaired) electrons. The van der Waals surface area contributed by atoms with Gasteiger partial charge in [0.1, 0.15) is 6.34 Å². The highest BCUT2D eigenvalue weighted by atomic mass is 35.5.